The van der Waals surface area contributed by atoms with E-state index in [0.29, 0.717) is 0 Å². The van der Waals surface area contributed by atoms with Crippen LogP contribution in [0, 0.1) is 6.92 Å². The molecule has 5 heteroatoms. The Morgan fingerprint density at radius 2 is 1.83 bits per heavy atom. The first-order valence-corrected chi connectivity index (χ1v) is 7.63. The smallest absolute Gasteiger partial charge is 0.271 e. The lowest BCUT2D eigenvalue weighted by molar-refractivity contribution is 0.0911. The fourth-order valence-corrected chi connectivity index (χ4v) is 2.11. The average molecular weight is 313 g/mol. The van der Waals surface area contributed by atoms with E-state index in [1.807, 2.05) is 24.3 Å². The number of aliphatic hydroxyl groups excluding tert-OH is 1. The summed E-state index contributed by atoms with van der Waals surface area (Å²) in [5.41, 5.74) is 3.04. The number of amides is 1. The van der Waals surface area contributed by atoms with E-state index in [4.69, 9.17) is 0 Å². The summed E-state index contributed by atoms with van der Waals surface area (Å²) in [4.78, 5) is 20.0. The monoisotopic (exact) mass is 313 g/mol. The highest BCUT2D eigenvalue weighted by atomic mass is 16.3. The normalized spacial score (nSPS) is 12.7. The molecule has 0 saturated carbocycles. The van der Waals surface area contributed by atoms with Crippen LogP contribution in [0.2, 0.25) is 0 Å². The van der Waals surface area contributed by atoms with Crippen molar-refractivity contribution < 1.29 is 9.90 Å². The first kappa shape index (κ1) is 17.1. The van der Waals surface area contributed by atoms with Gasteiger partial charge in [-0.15, -0.1) is 0 Å². The van der Waals surface area contributed by atoms with Crippen LogP contribution in [0.1, 0.15) is 54.2 Å². The third kappa shape index (κ3) is 4.60. The van der Waals surface area contributed by atoms with Crippen LogP contribution in [0.3, 0.4) is 0 Å². The van der Waals surface area contributed by atoms with Crippen LogP contribution in [0.15, 0.2) is 36.7 Å². The summed E-state index contributed by atoms with van der Waals surface area (Å²) in [6.45, 7) is 8.35. The fraction of sp³-hybridized carbons (Fsp3) is 0.389. The number of aryl methyl sites for hydroxylation is 1. The topological polar surface area (TPSA) is 75.1 Å². The van der Waals surface area contributed by atoms with Gasteiger partial charge in [-0.25, -0.2) is 4.98 Å². The van der Waals surface area contributed by atoms with E-state index in [2.05, 4.69) is 36.1 Å². The minimum Gasteiger partial charge on any atom is -0.387 e. The van der Waals surface area contributed by atoms with E-state index in [0.717, 1.165) is 11.3 Å². The predicted octanol–water partition coefficient (Wildman–Crippen LogP) is 2.55. The number of carbonyl (C=O) groups excluding carboxylic acids is 1. The lowest BCUT2D eigenvalue weighted by Gasteiger charge is -2.20. The molecule has 1 atom stereocenters. The summed E-state index contributed by atoms with van der Waals surface area (Å²) in [5.74, 6) is -0.345. The summed E-state index contributed by atoms with van der Waals surface area (Å²) in [5, 5.41) is 12.9. The third-order valence-corrected chi connectivity index (χ3v) is 3.63. The lowest BCUT2D eigenvalue weighted by Crippen LogP contribution is -2.29. The second-order valence-electron chi connectivity index (χ2n) is 6.64. The molecule has 1 amide bonds. The first-order valence-electron chi connectivity index (χ1n) is 7.63. The molecular formula is C18H23N3O2. The Hall–Kier alpha value is -2.27. The lowest BCUT2D eigenvalue weighted by atomic mass is 9.86. The maximum atomic E-state index is 12.0. The number of nitrogens with one attached hydrogen (secondary N) is 1. The van der Waals surface area contributed by atoms with Crippen LogP contribution in [0.4, 0.5) is 0 Å². The molecule has 0 fully saturated rings. The van der Waals surface area contributed by atoms with Crippen molar-refractivity contribution in [2.75, 3.05) is 6.54 Å². The highest BCUT2D eigenvalue weighted by Gasteiger charge is 2.15. The molecule has 2 rings (SSSR count). The van der Waals surface area contributed by atoms with Crippen LogP contribution >= 0.6 is 0 Å². The Morgan fingerprint density at radius 1 is 1.17 bits per heavy atom. The maximum absolute atomic E-state index is 12.0. The van der Waals surface area contributed by atoms with E-state index < -0.39 is 6.10 Å². The average Bonchev–Trinajstić information content (AvgIpc) is 2.52. The molecule has 122 valence electrons. The summed E-state index contributed by atoms with van der Waals surface area (Å²) >= 11 is 0. The van der Waals surface area contributed by atoms with Gasteiger partial charge in [0.05, 0.1) is 18.0 Å². The molecule has 0 aliphatic heterocycles. The number of hydrogen-bond acceptors (Lipinski definition) is 4. The molecule has 5 nitrogen and oxygen atoms in total. The molecule has 0 saturated heterocycles. The minimum atomic E-state index is -0.758. The van der Waals surface area contributed by atoms with Crippen molar-refractivity contribution >= 4 is 5.91 Å². The molecule has 23 heavy (non-hydrogen) atoms. The van der Waals surface area contributed by atoms with Crippen molar-refractivity contribution in [2.24, 2.45) is 0 Å². The number of carbonyl (C=O) groups is 1. The molecule has 0 aliphatic carbocycles. The number of aromatic nitrogens is 2. The molecule has 1 unspecified atom stereocenters. The van der Waals surface area contributed by atoms with E-state index in [9.17, 15) is 9.90 Å². The summed E-state index contributed by atoms with van der Waals surface area (Å²) in [6.07, 6.45) is 2.21. The van der Waals surface area contributed by atoms with Gasteiger partial charge in [-0.2, -0.15) is 0 Å². The van der Waals surface area contributed by atoms with Gasteiger partial charge in [-0.05, 0) is 23.5 Å². The molecule has 2 aromatic rings. The van der Waals surface area contributed by atoms with E-state index in [-0.39, 0.29) is 23.6 Å². The third-order valence-electron chi connectivity index (χ3n) is 3.63. The van der Waals surface area contributed by atoms with Crippen molar-refractivity contribution in [1.29, 1.82) is 0 Å². The number of aliphatic hydroxyl groups is 1. The minimum absolute atomic E-state index is 0.0712. The van der Waals surface area contributed by atoms with Crippen molar-refractivity contribution in [3.63, 3.8) is 0 Å². The molecular weight excluding hydrogens is 290 g/mol. The summed E-state index contributed by atoms with van der Waals surface area (Å²) in [7, 11) is 0. The largest absolute Gasteiger partial charge is 0.387 e. The Bertz CT molecular complexity index is 658. The molecule has 1 aromatic heterocycles. The van der Waals surface area contributed by atoms with Crippen LogP contribution in [-0.4, -0.2) is 27.5 Å². The Morgan fingerprint density at radius 3 is 2.35 bits per heavy atom. The Labute approximate surface area is 136 Å². The van der Waals surface area contributed by atoms with Gasteiger partial charge >= 0.3 is 0 Å². The highest BCUT2D eigenvalue weighted by molar-refractivity contribution is 5.91. The van der Waals surface area contributed by atoms with E-state index in [1.165, 1.54) is 18.0 Å². The zero-order chi connectivity index (χ0) is 17.0. The van der Waals surface area contributed by atoms with Crippen molar-refractivity contribution in [2.45, 2.75) is 39.2 Å². The van der Waals surface area contributed by atoms with Gasteiger partial charge in [0, 0.05) is 12.7 Å². The second-order valence-corrected chi connectivity index (χ2v) is 6.64. The molecule has 0 aliphatic rings. The van der Waals surface area contributed by atoms with Crippen LogP contribution in [0.25, 0.3) is 0 Å². The van der Waals surface area contributed by atoms with Crippen LogP contribution in [-0.2, 0) is 5.41 Å². The Balaban J connectivity index is 1.95. The molecule has 0 radical (unpaired) electrons. The fourth-order valence-electron chi connectivity index (χ4n) is 2.11. The molecule has 2 N–H and O–H groups in total. The van der Waals surface area contributed by atoms with Gasteiger partial charge in [0.1, 0.15) is 5.69 Å². The number of rotatable bonds is 4. The van der Waals surface area contributed by atoms with E-state index >= 15 is 0 Å². The van der Waals surface area contributed by atoms with Crippen LogP contribution < -0.4 is 5.32 Å². The van der Waals surface area contributed by atoms with Gasteiger partial charge in [-0.3, -0.25) is 9.78 Å². The molecule has 0 bridgehead atoms. The SMILES string of the molecule is Cc1cnc(C(=O)NCC(O)c2ccc(C(C)(C)C)cc2)cn1. The zero-order valence-corrected chi connectivity index (χ0v) is 14.0. The summed E-state index contributed by atoms with van der Waals surface area (Å²) < 4.78 is 0. The van der Waals surface area contributed by atoms with Gasteiger partial charge in [-0.1, -0.05) is 45.0 Å². The van der Waals surface area contributed by atoms with Crippen molar-refractivity contribution in [1.82, 2.24) is 15.3 Å². The standard InChI is InChI=1S/C18H23N3O2/c1-12-9-20-15(10-19-12)17(23)21-11-16(22)13-5-7-14(8-6-13)18(2,3)4/h5-10,16,22H,11H2,1-4H3,(H,21,23). The number of nitrogens with zero attached hydrogens (tertiary/aromatic N) is 2. The summed E-state index contributed by atoms with van der Waals surface area (Å²) in [6, 6.07) is 7.80. The van der Waals surface area contributed by atoms with Crippen molar-refractivity contribution in [3.8, 4) is 0 Å². The number of benzene rings is 1. The first-order chi connectivity index (χ1) is 10.8. The highest BCUT2D eigenvalue weighted by Crippen LogP contribution is 2.23. The molecule has 1 heterocycles. The van der Waals surface area contributed by atoms with Gasteiger partial charge < -0.3 is 10.4 Å². The zero-order valence-electron chi connectivity index (χ0n) is 14.0. The van der Waals surface area contributed by atoms with Gasteiger partial charge in [0.15, 0.2) is 0 Å². The quantitative estimate of drug-likeness (QED) is 0.909. The second kappa shape index (κ2) is 6.87. The van der Waals surface area contributed by atoms with E-state index in [1.54, 1.807) is 6.92 Å². The Kier molecular flexibility index (Phi) is 5.11. The predicted molar refractivity (Wildman–Crippen MR) is 89.2 cm³/mol. The van der Waals surface area contributed by atoms with Crippen molar-refractivity contribution in [3.05, 3.63) is 59.2 Å². The van der Waals surface area contributed by atoms with Gasteiger partial charge in [0.2, 0.25) is 0 Å². The maximum Gasteiger partial charge on any atom is 0.271 e. The molecule has 1 aromatic carbocycles. The number of hydrogen-bond donors (Lipinski definition) is 2. The molecule has 0 spiro atoms. The van der Waals surface area contributed by atoms with Crippen LogP contribution in [0.5, 0.6) is 0 Å². The van der Waals surface area contributed by atoms with Gasteiger partial charge in [0.25, 0.3) is 5.91 Å².